The van der Waals surface area contributed by atoms with Crippen LogP contribution in [0.25, 0.3) is 10.9 Å². The number of alkyl halides is 3. The van der Waals surface area contributed by atoms with Crippen LogP contribution >= 0.6 is 11.8 Å². The Hall–Kier alpha value is -2.07. The quantitative estimate of drug-likeness (QED) is 0.434. The molecule has 6 nitrogen and oxygen atoms in total. The fraction of sp³-hybridized carbons (Fsp3) is 0.591. The molecule has 4 rings (SSSR count). The highest BCUT2D eigenvalue weighted by Crippen LogP contribution is 2.36. The number of carbonyl (C=O) groups excluding carboxylic acids is 1. The molecule has 10 heteroatoms. The second-order valence-electron chi connectivity index (χ2n) is 8.47. The van der Waals surface area contributed by atoms with E-state index in [1.54, 1.807) is 31.2 Å². The molecule has 2 fully saturated rings. The number of halogens is 3. The van der Waals surface area contributed by atoms with Gasteiger partial charge >= 0.3 is 6.18 Å². The van der Waals surface area contributed by atoms with Crippen molar-refractivity contribution in [3.8, 4) is 0 Å². The van der Waals surface area contributed by atoms with Gasteiger partial charge in [0.15, 0.2) is 5.16 Å². The van der Waals surface area contributed by atoms with E-state index in [2.05, 4.69) is 4.98 Å². The third-order valence-corrected chi connectivity index (χ3v) is 6.99. The third-order valence-electron chi connectivity index (χ3n) is 6.03. The van der Waals surface area contributed by atoms with Crippen molar-refractivity contribution in [3.05, 3.63) is 34.6 Å². The Morgan fingerprint density at radius 2 is 2.06 bits per heavy atom. The van der Waals surface area contributed by atoms with Gasteiger partial charge in [-0.05, 0) is 50.7 Å². The van der Waals surface area contributed by atoms with Gasteiger partial charge in [-0.15, -0.1) is 0 Å². The Balaban J connectivity index is 1.57. The molecule has 1 saturated heterocycles. The molecule has 1 aliphatic heterocycles. The minimum atomic E-state index is -4.47. The van der Waals surface area contributed by atoms with Crippen LogP contribution in [0.4, 0.5) is 13.2 Å². The first kappa shape index (κ1) is 23.1. The van der Waals surface area contributed by atoms with Gasteiger partial charge in [0.1, 0.15) is 6.54 Å². The van der Waals surface area contributed by atoms with Crippen molar-refractivity contribution in [3.63, 3.8) is 0 Å². The minimum absolute atomic E-state index is 0.114. The monoisotopic (exact) mass is 469 g/mol. The number of carbonyl (C=O) groups is 1. The third kappa shape index (κ3) is 5.46. The lowest BCUT2D eigenvalue weighted by Gasteiger charge is -2.30. The van der Waals surface area contributed by atoms with E-state index in [-0.39, 0.29) is 23.3 Å². The molecule has 32 heavy (non-hydrogen) atoms. The topological polar surface area (TPSA) is 64.4 Å². The van der Waals surface area contributed by atoms with Crippen LogP contribution in [0.15, 0.2) is 34.2 Å². The molecule has 1 amide bonds. The highest BCUT2D eigenvalue weighted by Gasteiger charge is 2.40. The van der Waals surface area contributed by atoms with Crippen molar-refractivity contribution < 1.29 is 22.7 Å². The van der Waals surface area contributed by atoms with Gasteiger partial charge in [0.2, 0.25) is 5.91 Å². The van der Waals surface area contributed by atoms with Crippen molar-refractivity contribution in [1.29, 1.82) is 0 Å². The Bertz CT molecular complexity index is 1030. The first-order valence-corrected chi connectivity index (χ1v) is 11.8. The van der Waals surface area contributed by atoms with Crippen LogP contribution < -0.4 is 5.56 Å². The maximum atomic E-state index is 13.1. The van der Waals surface area contributed by atoms with Crippen LogP contribution in [0.1, 0.15) is 32.6 Å². The second kappa shape index (κ2) is 9.43. The summed E-state index contributed by atoms with van der Waals surface area (Å²) in [6.45, 7) is 1.34. The Morgan fingerprint density at radius 3 is 2.72 bits per heavy atom. The predicted octanol–water partition coefficient (Wildman–Crippen LogP) is 3.86. The van der Waals surface area contributed by atoms with Gasteiger partial charge in [-0.3, -0.25) is 14.2 Å². The standard InChI is InChI=1S/C22H26F3N3O3S/c1-14(15-8-9-15)28(13-22(23,24)25)19(29)12-32-21-26-18-7-3-2-6-17(18)20(30)27(21)11-16-5-4-10-31-16/h2-3,6-7,14-16H,4-5,8-13H2,1H3/t14-,16+/m0/s1. The van der Waals surface area contributed by atoms with E-state index in [9.17, 15) is 22.8 Å². The van der Waals surface area contributed by atoms with E-state index < -0.39 is 24.7 Å². The summed E-state index contributed by atoms with van der Waals surface area (Å²) in [5.41, 5.74) is 0.258. The zero-order valence-corrected chi connectivity index (χ0v) is 18.6. The van der Waals surface area contributed by atoms with Gasteiger partial charge in [0.05, 0.1) is 29.3 Å². The molecule has 0 bridgehead atoms. The van der Waals surface area contributed by atoms with Gasteiger partial charge in [-0.25, -0.2) is 4.98 Å². The zero-order chi connectivity index (χ0) is 22.9. The lowest BCUT2D eigenvalue weighted by molar-refractivity contribution is -0.164. The fourth-order valence-corrected chi connectivity index (χ4v) is 5.00. The van der Waals surface area contributed by atoms with Crippen molar-refractivity contribution in [2.75, 3.05) is 18.9 Å². The lowest BCUT2D eigenvalue weighted by atomic mass is 10.2. The van der Waals surface area contributed by atoms with E-state index in [0.717, 1.165) is 42.3 Å². The number of benzene rings is 1. The summed E-state index contributed by atoms with van der Waals surface area (Å²) in [6, 6.07) is 6.46. The van der Waals surface area contributed by atoms with E-state index >= 15 is 0 Å². The summed E-state index contributed by atoms with van der Waals surface area (Å²) >= 11 is 1.01. The number of thioether (sulfide) groups is 1. The van der Waals surface area contributed by atoms with Gasteiger partial charge < -0.3 is 9.64 Å². The van der Waals surface area contributed by atoms with Crippen molar-refractivity contribution in [1.82, 2.24) is 14.5 Å². The molecule has 2 atom stereocenters. The molecule has 2 aromatic rings. The molecular weight excluding hydrogens is 443 g/mol. The van der Waals surface area contributed by atoms with E-state index in [0.29, 0.717) is 29.2 Å². The molecule has 1 aromatic carbocycles. The van der Waals surface area contributed by atoms with Crippen LogP contribution in [0.2, 0.25) is 0 Å². The van der Waals surface area contributed by atoms with Crippen molar-refractivity contribution in [2.45, 2.75) is 62.6 Å². The molecule has 1 saturated carbocycles. The molecule has 0 radical (unpaired) electrons. The highest BCUT2D eigenvalue weighted by molar-refractivity contribution is 7.99. The number of rotatable bonds is 8. The van der Waals surface area contributed by atoms with Crippen LogP contribution in [0, 0.1) is 5.92 Å². The van der Waals surface area contributed by atoms with Crippen LogP contribution in [0.3, 0.4) is 0 Å². The normalized spacial score (nSPS) is 19.9. The summed E-state index contributed by atoms with van der Waals surface area (Å²) in [4.78, 5) is 31.4. The average Bonchev–Trinajstić information content (AvgIpc) is 3.48. The SMILES string of the molecule is C[C@@H](C1CC1)N(CC(F)(F)F)C(=O)CSc1nc2ccccc2c(=O)n1C[C@H]1CCCO1. The molecule has 1 aromatic heterocycles. The number of hydrogen-bond acceptors (Lipinski definition) is 5. The average molecular weight is 470 g/mol. The maximum absolute atomic E-state index is 13.1. The molecule has 1 aliphatic carbocycles. The number of amides is 1. The number of hydrogen-bond donors (Lipinski definition) is 0. The highest BCUT2D eigenvalue weighted by atomic mass is 32.2. The lowest BCUT2D eigenvalue weighted by Crippen LogP contribution is -2.46. The van der Waals surface area contributed by atoms with Crippen molar-refractivity contribution in [2.24, 2.45) is 5.92 Å². The molecular formula is C22H26F3N3O3S. The predicted molar refractivity (Wildman–Crippen MR) is 116 cm³/mol. The largest absolute Gasteiger partial charge is 0.406 e. The van der Waals surface area contributed by atoms with E-state index in [1.165, 1.54) is 4.57 Å². The number of aromatic nitrogens is 2. The smallest absolute Gasteiger partial charge is 0.376 e. The number of ether oxygens (including phenoxy) is 1. The maximum Gasteiger partial charge on any atom is 0.406 e. The first-order chi connectivity index (χ1) is 15.2. The summed E-state index contributed by atoms with van der Waals surface area (Å²) in [5.74, 6) is -0.704. The van der Waals surface area contributed by atoms with Crippen LogP contribution in [-0.2, 0) is 16.1 Å². The van der Waals surface area contributed by atoms with E-state index in [4.69, 9.17) is 4.74 Å². The number of fused-ring (bicyclic) bond motifs is 1. The summed E-state index contributed by atoms with van der Waals surface area (Å²) < 4.78 is 46.5. The summed E-state index contributed by atoms with van der Waals surface area (Å²) in [6.07, 6.45) is -1.19. The summed E-state index contributed by atoms with van der Waals surface area (Å²) in [7, 11) is 0. The summed E-state index contributed by atoms with van der Waals surface area (Å²) in [5, 5.41) is 0.783. The Morgan fingerprint density at radius 1 is 1.31 bits per heavy atom. The molecule has 0 spiro atoms. The fourth-order valence-electron chi connectivity index (χ4n) is 4.11. The first-order valence-electron chi connectivity index (χ1n) is 10.8. The second-order valence-corrected chi connectivity index (χ2v) is 9.41. The van der Waals surface area contributed by atoms with Gasteiger partial charge in [-0.1, -0.05) is 23.9 Å². The molecule has 0 unspecified atom stereocenters. The molecule has 2 aliphatic rings. The van der Waals surface area contributed by atoms with Crippen molar-refractivity contribution >= 4 is 28.6 Å². The number of para-hydroxylation sites is 1. The van der Waals surface area contributed by atoms with Gasteiger partial charge in [0, 0.05) is 12.6 Å². The van der Waals surface area contributed by atoms with E-state index in [1.807, 2.05) is 0 Å². The number of nitrogens with zero attached hydrogens (tertiary/aromatic N) is 3. The van der Waals surface area contributed by atoms with Crippen LogP contribution in [0.5, 0.6) is 0 Å². The zero-order valence-electron chi connectivity index (χ0n) is 17.8. The molecule has 0 N–H and O–H groups in total. The Kier molecular flexibility index (Phi) is 6.80. The van der Waals surface area contributed by atoms with Crippen LogP contribution in [-0.4, -0.2) is 57.6 Å². The minimum Gasteiger partial charge on any atom is -0.376 e. The molecule has 174 valence electrons. The van der Waals surface area contributed by atoms with Gasteiger partial charge in [0.25, 0.3) is 5.56 Å². The van der Waals surface area contributed by atoms with Gasteiger partial charge in [-0.2, -0.15) is 13.2 Å². The molecule has 2 heterocycles. The Labute approximate surface area is 188 Å².